The average molecular weight is 603 g/mol. The van der Waals surface area contributed by atoms with Crippen molar-refractivity contribution in [2.24, 2.45) is 0 Å². The molecule has 0 spiro atoms. The first-order chi connectivity index (χ1) is 20.8. The molecule has 0 unspecified atom stereocenters. The van der Waals surface area contributed by atoms with E-state index in [9.17, 15) is 22.4 Å². The van der Waals surface area contributed by atoms with Crippen LogP contribution in [0.3, 0.4) is 0 Å². The SMILES string of the molecule is CCCCCCCCOc1ccc(-c2ccc(OC(=O)c3ccc(OC[C@H](F)CCCCCC)cc3F)cc2)c(F)c1F. The summed E-state index contributed by atoms with van der Waals surface area (Å²) in [6, 6.07) is 12.2. The molecule has 234 valence electrons. The van der Waals surface area contributed by atoms with Crippen LogP contribution in [0.1, 0.15) is 94.8 Å². The Morgan fingerprint density at radius 3 is 2.07 bits per heavy atom. The Bertz CT molecular complexity index is 1280. The molecule has 0 aromatic heterocycles. The maximum absolute atomic E-state index is 14.8. The number of unbranched alkanes of at least 4 members (excludes halogenated alkanes) is 8. The van der Waals surface area contributed by atoms with Gasteiger partial charge in [-0.3, -0.25) is 0 Å². The van der Waals surface area contributed by atoms with Gasteiger partial charge < -0.3 is 14.2 Å². The highest BCUT2D eigenvalue weighted by Gasteiger charge is 2.18. The molecular formula is C35H42F4O4. The number of hydrogen-bond donors (Lipinski definition) is 0. The zero-order chi connectivity index (χ0) is 31.0. The Kier molecular flexibility index (Phi) is 14.4. The van der Waals surface area contributed by atoms with Gasteiger partial charge in [0.25, 0.3) is 0 Å². The second kappa shape index (κ2) is 18.2. The highest BCUT2D eigenvalue weighted by atomic mass is 19.2. The lowest BCUT2D eigenvalue weighted by molar-refractivity contribution is 0.0729. The van der Waals surface area contributed by atoms with Gasteiger partial charge in [0, 0.05) is 11.6 Å². The lowest BCUT2D eigenvalue weighted by Crippen LogP contribution is -2.14. The van der Waals surface area contributed by atoms with Crippen LogP contribution >= 0.6 is 0 Å². The normalized spacial score (nSPS) is 11.8. The Labute approximate surface area is 252 Å². The molecule has 0 aliphatic rings. The van der Waals surface area contributed by atoms with Crippen LogP contribution in [-0.2, 0) is 0 Å². The molecule has 0 bridgehead atoms. The third-order valence-corrected chi connectivity index (χ3v) is 7.14. The van der Waals surface area contributed by atoms with E-state index in [4.69, 9.17) is 14.2 Å². The van der Waals surface area contributed by atoms with Crippen molar-refractivity contribution in [2.45, 2.75) is 90.6 Å². The first-order valence-electron chi connectivity index (χ1n) is 15.3. The minimum absolute atomic E-state index is 0.0282. The summed E-state index contributed by atoms with van der Waals surface area (Å²) >= 11 is 0. The van der Waals surface area contributed by atoms with Gasteiger partial charge in [0.05, 0.1) is 12.2 Å². The van der Waals surface area contributed by atoms with E-state index in [1.54, 1.807) is 0 Å². The highest BCUT2D eigenvalue weighted by molar-refractivity contribution is 5.91. The fourth-order valence-electron chi connectivity index (χ4n) is 4.61. The molecular weight excluding hydrogens is 560 g/mol. The largest absolute Gasteiger partial charge is 0.490 e. The predicted octanol–water partition coefficient (Wildman–Crippen LogP) is 10.4. The van der Waals surface area contributed by atoms with E-state index in [1.165, 1.54) is 55.0 Å². The first kappa shape index (κ1) is 33.9. The van der Waals surface area contributed by atoms with Crippen molar-refractivity contribution in [3.05, 3.63) is 77.6 Å². The fourth-order valence-corrected chi connectivity index (χ4v) is 4.61. The molecule has 0 aliphatic carbocycles. The minimum Gasteiger partial charge on any atom is -0.490 e. The predicted molar refractivity (Wildman–Crippen MR) is 161 cm³/mol. The first-order valence-corrected chi connectivity index (χ1v) is 15.3. The number of hydrogen-bond acceptors (Lipinski definition) is 4. The number of alkyl halides is 1. The molecule has 0 radical (unpaired) electrons. The standard InChI is InChI=1S/C35H42F4O4/c1-3-5-7-9-10-12-22-41-32-21-20-29(33(38)34(32)39)25-14-16-27(17-15-25)43-35(40)30-19-18-28(23-31(30)37)42-24-26(36)13-11-8-6-4-2/h14-21,23,26H,3-13,22,24H2,1-2H3/t26-/m1/s1. The number of halogens is 4. The molecule has 1 atom stereocenters. The number of carbonyl (C=O) groups is 1. The zero-order valence-electron chi connectivity index (χ0n) is 25.1. The molecule has 0 N–H and O–H groups in total. The molecule has 8 heteroatoms. The summed E-state index contributed by atoms with van der Waals surface area (Å²) < 4.78 is 74.2. The van der Waals surface area contributed by atoms with Crippen LogP contribution in [-0.4, -0.2) is 25.4 Å². The lowest BCUT2D eigenvalue weighted by atomic mass is 10.0. The van der Waals surface area contributed by atoms with Gasteiger partial charge in [-0.25, -0.2) is 18.0 Å². The topological polar surface area (TPSA) is 44.8 Å². The summed E-state index contributed by atoms with van der Waals surface area (Å²) in [6.07, 6.45) is 9.44. The van der Waals surface area contributed by atoms with E-state index in [0.29, 0.717) is 18.6 Å². The number of carbonyl (C=O) groups excluding carboxylic acids is 1. The zero-order valence-corrected chi connectivity index (χ0v) is 25.1. The number of benzene rings is 3. The van der Waals surface area contributed by atoms with Crippen molar-refractivity contribution >= 4 is 5.97 Å². The second-order valence-corrected chi connectivity index (χ2v) is 10.7. The van der Waals surface area contributed by atoms with Crippen molar-refractivity contribution in [1.29, 1.82) is 0 Å². The lowest BCUT2D eigenvalue weighted by Gasteiger charge is -2.12. The van der Waals surface area contributed by atoms with Gasteiger partial charge >= 0.3 is 5.97 Å². The molecule has 4 nitrogen and oxygen atoms in total. The van der Waals surface area contributed by atoms with E-state index in [0.717, 1.165) is 63.9 Å². The number of rotatable bonds is 19. The molecule has 0 aliphatic heterocycles. The van der Waals surface area contributed by atoms with Crippen molar-refractivity contribution in [3.63, 3.8) is 0 Å². The van der Waals surface area contributed by atoms with Gasteiger partial charge in [-0.1, -0.05) is 83.8 Å². The Morgan fingerprint density at radius 1 is 0.721 bits per heavy atom. The summed E-state index contributed by atoms with van der Waals surface area (Å²) in [7, 11) is 0. The second-order valence-electron chi connectivity index (χ2n) is 10.7. The quantitative estimate of drug-likeness (QED) is 0.0593. The average Bonchev–Trinajstić information content (AvgIpc) is 3.00. The van der Waals surface area contributed by atoms with Crippen LogP contribution in [0.4, 0.5) is 17.6 Å². The molecule has 0 fully saturated rings. The van der Waals surface area contributed by atoms with E-state index in [2.05, 4.69) is 13.8 Å². The van der Waals surface area contributed by atoms with Gasteiger partial charge in [-0.05, 0) is 54.8 Å². The monoisotopic (exact) mass is 602 g/mol. The third-order valence-electron chi connectivity index (χ3n) is 7.14. The summed E-state index contributed by atoms with van der Waals surface area (Å²) in [4.78, 5) is 12.6. The van der Waals surface area contributed by atoms with Crippen molar-refractivity contribution in [2.75, 3.05) is 13.2 Å². The maximum Gasteiger partial charge on any atom is 0.346 e. The van der Waals surface area contributed by atoms with Gasteiger partial charge in [-0.2, -0.15) is 4.39 Å². The van der Waals surface area contributed by atoms with Gasteiger partial charge in [0.15, 0.2) is 11.6 Å². The molecule has 3 rings (SSSR count). The van der Waals surface area contributed by atoms with Crippen LogP contribution < -0.4 is 14.2 Å². The third kappa shape index (κ3) is 10.9. The van der Waals surface area contributed by atoms with E-state index < -0.39 is 29.6 Å². The molecule has 0 saturated carbocycles. The summed E-state index contributed by atoms with van der Waals surface area (Å²) in [5.41, 5.74) is 0.0701. The number of ether oxygens (including phenoxy) is 3. The van der Waals surface area contributed by atoms with E-state index >= 15 is 0 Å². The van der Waals surface area contributed by atoms with Crippen molar-refractivity contribution in [3.8, 4) is 28.4 Å². The molecule has 3 aromatic carbocycles. The molecule has 0 heterocycles. The van der Waals surface area contributed by atoms with E-state index in [-0.39, 0.29) is 35.0 Å². The van der Waals surface area contributed by atoms with Crippen LogP contribution in [0.15, 0.2) is 54.6 Å². The maximum atomic E-state index is 14.8. The smallest absolute Gasteiger partial charge is 0.346 e. The Balaban J connectivity index is 1.52. The van der Waals surface area contributed by atoms with Gasteiger partial charge in [0.2, 0.25) is 5.82 Å². The van der Waals surface area contributed by atoms with Crippen LogP contribution in [0.5, 0.6) is 17.2 Å². The van der Waals surface area contributed by atoms with Crippen molar-refractivity contribution in [1.82, 2.24) is 0 Å². The highest BCUT2D eigenvalue weighted by Crippen LogP contribution is 2.31. The summed E-state index contributed by atoms with van der Waals surface area (Å²) in [5.74, 6) is -3.83. The molecule has 0 saturated heterocycles. The summed E-state index contributed by atoms with van der Waals surface area (Å²) in [6.45, 7) is 4.35. The Hall–Kier alpha value is -3.55. The molecule has 3 aromatic rings. The molecule has 0 amide bonds. The van der Waals surface area contributed by atoms with Crippen LogP contribution in [0.2, 0.25) is 0 Å². The van der Waals surface area contributed by atoms with Gasteiger partial charge in [0.1, 0.15) is 30.1 Å². The van der Waals surface area contributed by atoms with Gasteiger partial charge in [-0.15, -0.1) is 0 Å². The summed E-state index contributed by atoms with van der Waals surface area (Å²) in [5, 5.41) is 0. The number of esters is 1. The van der Waals surface area contributed by atoms with Crippen LogP contribution in [0, 0.1) is 17.5 Å². The van der Waals surface area contributed by atoms with Crippen LogP contribution in [0.25, 0.3) is 11.1 Å². The van der Waals surface area contributed by atoms with E-state index in [1.807, 2.05) is 0 Å². The Morgan fingerprint density at radius 2 is 1.37 bits per heavy atom. The fraction of sp³-hybridized carbons (Fsp3) is 0.457. The molecule has 43 heavy (non-hydrogen) atoms. The van der Waals surface area contributed by atoms with Crippen molar-refractivity contribution < 1.29 is 36.6 Å². The minimum atomic E-state index is -1.15.